The zero-order valence-corrected chi connectivity index (χ0v) is 9.67. The van der Waals surface area contributed by atoms with Crippen molar-refractivity contribution in [3.05, 3.63) is 59.2 Å². The van der Waals surface area contributed by atoms with E-state index in [0.717, 1.165) is 23.4 Å². The Kier molecular flexibility index (Phi) is 3.50. The second-order valence-electron chi connectivity index (χ2n) is 3.84. The van der Waals surface area contributed by atoms with Gasteiger partial charge in [0.15, 0.2) is 17.5 Å². The van der Waals surface area contributed by atoms with Gasteiger partial charge < -0.3 is 5.32 Å². The van der Waals surface area contributed by atoms with E-state index in [4.69, 9.17) is 0 Å². The highest BCUT2D eigenvalue weighted by molar-refractivity contribution is 5.45. The van der Waals surface area contributed by atoms with Crippen molar-refractivity contribution < 1.29 is 13.2 Å². The van der Waals surface area contributed by atoms with Crippen molar-refractivity contribution in [2.75, 3.05) is 5.32 Å². The predicted octanol–water partition coefficient (Wildman–Crippen LogP) is 3.42. The van der Waals surface area contributed by atoms with Crippen molar-refractivity contribution in [2.24, 2.45) is 0 Å². The maximum Gasteiger partial charge on any atom is 0.196 e. The van der Waals surface area contributed by atoms with E-state index in [9.17, 15) is 13.2 Å². The van der Waals surface area contributed by atoms with Crippen LogP contribution in [0, 0.1) is 24.4 Å². The average Bonchev–Trinajstić information content (AvgIpc) is 2.37. The zero-order chi connectivity index (χ0) is 13.1. The van der Waals surface area contributed by atoms with Gasteiger partial charge in [-0.25, -0.2) is 13.2 Å². The van der Waals surface area contributed by atoms with Gasteiger partial charge in [-0.05, 0) is 30.7 Å². The van der Waals surface area contributed by atoms with Gasteiger partial charge >= 0.3 is 0 Å². The lowest BCUT2D eigenvalue weighted by Crippen LogP contribution is -2.06. The maximum absolute atomic E-state index is 13.4. The Morgan fingerprint density at radius 2 is 1.89 bits per heavy atom. The monoisotopic (exact) mass is 252 g/mol. The topological polar surface area (TPSA) is 24.9 Å². The molecule has 0 fully saturated rings. The first-order chi connectivity index (χ1) is 8.59. The molecule has 1 aromatic carbocycles. The van der Waals surface area contributed by atoms with E-state index in [-0.39, 0.29) is 12.2 Å². The van der Waals surface area contributed by atoms with Crippen LogP contribution in [0.2, 0.25) is 0 Å². The van der Waals surface area contributed by atoms with E-state index in [0.29, 0.717) is 0 Å². The van der Waals surface area contributed by atoms with Crippen LogP contribution in [0.3, 0.4) is 0 Å². The first-order valence-corrected chi connectivity index (χ1v) is 5.37. The van der Waals surface area contributed by atoms with Crippen LogP contribution in [0.4, 0.5) is 18.9 Å². The molecular formula is C13H11F3N2. The van der Waals surface area contributed by atoms with Crippen molar-refractivity contribution in [2.45, 2.75) is 13.5 Å². The van der Waals surface area contributed by atoms with Crippen LogP contribution in [0.15, 0.2) is 30.5 Å². The minimum absolute atomic E-state index is 0.0843. The number of rotatable bonds is 3. The second-order valence-corrected chi connectivity index (χ2v) is 3.84. The normalized spacial score (nSPS) is 10.4. The summed E-state index contributed by atoms with van der Waals surface area (Å²) in [6.07, 6.45) is 1.62. The van der Waals surface area contributed by atoms with Crippen LogP contribution in [0.25, 0.3) is 0 Å². The Bertz CT molecular complexity index is 570. The molecule has 0 amide bonds. The van der Waals surface area contributed by atoms with Crippen LogP contribution in [0.5, 0.6) is 0 Å². The van der Waals surface area contributed by atoms with Gasteiger partial charge in [0.2, 0.25) is 0 Å². The average molecular weight is 252 g/mol. The zero-order valence-electron chi connectivity index (χ0n) is 9.67. The summed E-state index contributed by atoms with van der Waals surface area (Å²) in [4.78, 5) is 4.11. The largest absolute Gasteiger partial charge is 0.377 e. The molecule has 1 N–H and O–H groups in total. The van der Waals surface area contributed by atoms with Crippen molar-refractivity contribution in [3.63, 3.8) is 0 Å². The number of pyridine rings is 1. The number of aryl methyl sites for hydroxylation is 1. The van der Waals surface area contributed by atoms with Gasteiger partial charge in [-0.1, -0.05) is 6.07 Å². The lowest BCUT2D eigenvalue weighted by Gasteiger charge is -2.09. The molecule has 0 bridgehead atoms. The van der Waals surface area contributed by atoms with Crippen molar-refractivity contribution >= 4 is 5.69 Å². The number of hydrogen-bond acceptors (Lipinski definition) is 2. The van der Waals surface area contributed by atoms with Gasteiger partial charge in [0.05, 0.1) is 17.9 Å². The lowest BCUT2D eigenvalue weighted by molar-refractivity contribution is 0.449. The molecule has 2 aromatic rings. The number of hydrogen-bond donors (Lipinski definition) is 1. The fourth-order valence-electron chi connectivity index (χ4n) is 1.54. The van der Waals surface area contributed by atoms with Gasteiger partial charge in [-0.15, -0.1) is 0 Å². The summed E-state index contributed by atoms with van der Waals surface area (Å²) < 4.78 is 39.1. The SMILES string of the molecule is Cc1cccnc1CNc1ccc(F)c(F)c1F. The molecule has 2 rings (SSSR count). The quantitative estimate of drug-likeness (QED) is 0.847. The highest BCUT2D eigenvalue weighted by atomic mass is 19.2. The van der Waals surface area contributed by atoms with E-state index in [1.807, 2.05) is 13.0 Å². The number of anilines is 1. The molecule has 0 saturated carbocycles. The molecular weight excluding hydrogens is 241 g/mol. The van der Waals surface area contributed by atoms with E-state index in [2.05, 4.69) is 10.3 Å². The lowest BCUT2D eigenvalue weighted by atomic mass is 10.2. The molecule has 0 spiro atoms. The molecule has 18 heavy (non-hydrogen) atoms. The second kappa shape index (κ2) is 5.08. The van der Waals surface area contributed by atoms with Crippen LogP contribution < -0.4 is 5.32 Å². The van der Waals surface area contributed by atoms with Crippen LogP contribution >= 0.6 is 0 Å². The summed E-state index contributed by atoms with van der Waals surface area (Å²) in [5.41, 5.74) is 1.58. The number of nitrogens with one attached hydrogen (secondary N) is 1. The summed E-state index contributed by atoms with van der Waals surface area (Å²) in [6.45, 7) is 2.11. The Balaban J connectivity index is 2.17. The summed E-state index contributed by atoms with van der Waals surface area (Å²) in [5.74, 6) is -3.90. The third-order valence-electron chi connectivity index (χ3n) is 2.60. The fourth-order valence-corrected chi connectivity index (χ4v) is 1.54. The predicted molar refractivity (Wildman–Crippen MR) is 62.6 cm³/mol. The smallest absolute Gasteiger partial charge is 0.196 e. The van der Waals surface area contributed by atoms with Gasteiger partial charge in [0.25, 0.3) is 0 Å². The Hall–Kier alpha value is -2.04. The van der Waals surface area contributed by atoms with E-state index < -0.39 is 17.5 Å². The third kappa shape index (κ3) is 2.45. The molecule has 0 aliphatic carbocycles. The fraction of sp³-hybridized carbons (Fsp3) is 0.154. The number of nitrogens with zero attached hydrogens (tertiary/aromatic N) is 1. The summed E-state index contributed by atoms with van der Waals surface area (Å²) in [5, 5.41) is 2.69. The van der Waals surface area contributed by atoms with E-state index in [1.54, 1.807) is 12.3 Å². The molecule has 0 saturated heterocycles. The molecule has 1 heterocycles. The van der Waals surface area contributed by atoms with Gasteiger partial charge in [-0.2, -0.15) is 0 Å². The Morgan fingerprint density at radius 3 is 2.61 bits per heavy atom. The number of aromatic nitrogens is 1. The molecule has 0 radical (unpaired) electrons. The van der Waals surface area contributed by atoms with Crippen LogP contribution in [0.1, 0.15) is 11.3 Å². The summed E-state index contributed by atoms with van der Waals surface area (Å²) in [7, 11) is 0. The first kappa shape index (κ1) is 12.4. The van der Waals surface area contributed by atoms with Gasteiger partial charge in [0.1, 0.15) is 0 Å². The van der Waals surface area contributed by atoms with Crippen LogP contribution in [-0.2, 0) is 6.54 Å². The molecule has 5 heteroatoms. The Morgan fingerprint density at radius 1 is 1.11 bits per heavy atom. The maximum atomic E-state index is 13.4. The highest BCUT2D eigenvalue weighted by Gasteiger charge is 2.13. The Labute approximate surface area is 102 Å². The third-order valence-corrected chi connectivity index (χ3v) is 2.60. The van der Waals surface area contributed by atoms with Crippen molar-refractivity contribution in [1.82, 2.24) is 4.98 Å². The number of halogens is 3. The van der Waals surface area contributed by atoms with Gasteiger partial charge in [-0.3, -0.25) is 4.98 Å². The van der Waals surface area contributed by atoms with Gasteiger partial charge in [0, 0.05) is 6.20 Å². The van der Waals surface area contributed by atoms with E-state index >= 15 is 0 Å². The highest BCUT2D eigenvalue weighted by Crippen LogP contribution is 2.20. The molecule has 0 atom stereocenters. The van der Waals surface area contributed by atoms with Crippen molar-refractivity contribution in [1.29, 1.82) is 0 Å². The molecule has 1 aromatic heterocycles. The standard InChI is InChI=1S/C13H11F3N2/c1-8-3-2-6-17-11(8)7-18-10-5-4-9(14)12(15)13(10)16/h2-6,18H,7H2,1H3. The molecule has 2 nitrogen and oxygen atoms in total. The number of benzene rings is 1. The van der Waals surface area contributed by atoms with Crippen molar-refractivity contribution in [3.8, 4) is 0 Å². The molecule has 0 aliphatic rings. The molecule has 0 aliphatic heterocycles. The minimum atomic E-state index is -1.47. The molecule has 94 valence electrons. The van der Waals surface area contributed by atoms with Crippen LogP contribution in [-0.4, -0.2) is 4.98 Å². The minimum Gasteiger partial charge on any atom is -0.377 e. The first-order valence-electron chi connectivity index (χ1n) is 5.37. The summed E-state index contributed by atoms with van der Waals surface area (Å²) >= 11 is 0. The molecule has 0 unspecified atom stereocenters. The van der Waals surface area contributed by atoms with E-state index in [1.165, 1.54) is 0 Å². The summed E-state index contributed by atoms with van der Waals surface area (Å²) in [6, 6.07) is 5.70.